The van der Waals surface area contributed by atoms with Crippen molar-refractivity contribution < 1.29 is 49.7 Å². The van der Waals surface area contributed by atoms with Gasteiger partial charge in [0, 0.05) is 6.42 Å². The number of hydrogen-bond acceptors (Lipinski definition) is 11. The van der Waals surface area contributed by atoms with E-state index in [9.17, 15) is 0 Å². The van der Waals surface area contributed by atoms with E-state index in [0.29, 0.717) is 19.4 Å². The number of amides is 1. The third-order valence-electron chi connectivity index (χ3n) is 14.9. The maximum absolute atomic E-state index is 15.6. The quantitative estimate of drug-likeness (QED) is 0.0356. The molecule has 10 atom stereocenters. The lowest BCUT2D eigenvalue weighted by Gasteiger charge is -2.51. The summed E-state index contributed by atoms with van der Waals surface area (Å²) in [5.74, 6) is -0.125. The molecule has 1 aliphatic rings. The Morgan fingerprint density at radius 3 is 1.27 bits per heavy atom. The number of unbranched alkanes of at least 4 members (excludes halogenated alkanes) is 22. The largest absolute Gasteiger partial charge is 0.415 e. The van der Waals surface area contributed by atoms with Gasteiger partial charge in [-0.05, 0) is 183 Å². The SMILES string of the molecule is CCCCCCC/C=C/CC(CC(O[Si](C)(C)C)C(O[Si](C)(C)C)C(COC1OC(CO[Si](C)(C)C)C(O[Si](C)(C)C)C(O[Si](C)(C)C)C1O[Si](C)(C)C)NC(=O)C(CCCCCCCCCCCCCCCCCCCC)O[Si](C)(C)C)O[Si](C)(C)C. The van der Waals surface area contributed by atoms with E-state index in [1.54, 1.807) is 0 Å². The average molecular weight is 1380 g/mol. The van der Waals surface area contributed by atoms with Crippen molar-refractivity contribution >= 4 is 72.4 Å². The zero-order valence-electron chi connectivity index (χ0n) is 62.9. The first kappa shape index (κ1) is 86.6. The lowest BCUT2D eigenvalue weighted by atomic mass is 9.98. The van der Waals surface area contributed by atoms with Gasteiger partial charge in [0.25, 0.3) is 0 Å². The molecule has 1 saturated heterocycles. The minimum Gasteiger partial charge on any atom is -0.415 e. The first-order valence-electron chi connectivity index (χ1n) is 36.1. The Balaban J connectivity index is 3.94. The number of rotatable bonds is 53. The summed E-state index contributed by atoms with van der Waals surface area (Å²) >= 11 is 0. The first-order chi connectivity index (χ1) is 40.5. The summed E-state index contributed by atoms with van der Waals surface area (Å²) in [6.45, 7) is 58.5. The van der Waals surface area contributed by atoms with Crippen LogP contribution < -0.4 is 5.32 Å². The third-order valence-corrected chi connectivity index (χ3v) is 22.9. The van der Waals surface area contributed by atoms with Gasteiger partial charge in [-0.15, -0.1) is 0 Å². The van der Waals surface area contributed by atoms with Crippen molar-refractivity contribution in [2.45, 2.75) is 406 Å². The fraction of sp³-hybridized carbons (Fsp3) is 0.956. The molecule has 0 saturated carbocycles. The van der Waals surface area contributed by atoms with Crippen LogP contribution in [0.4, 0.5) is 0 Å². The Labute approximate surface area is 554 Å². The lowest BCUT2D eigenvalue weighted by molar-refractivity contribution is -0.292. The van der Waals surface area contributed by atoms with Gasteiger partial charge >= 0.3 is 0 Å². The van der Waals surface area contributed by atoms with Gasteiger partial charge in [-0.1, -0.05) is 167 Å². The Morgan fingerprint density at radius 2 is 0.852 bits per heavy atom. The molecule has 0 bridgehead atoms. The maximum Gasteiger partial charge on any atom is 0.248 e. The van der Waals surface area contributed by atoms with Crippen molar-refractivity contribution in [1.82, 2.24) is 5.32 Å². The molecule has 1 amide bonds. The zero-order chi connectivity index (χ0) is 67.0. The summed E-state index contributed by atoms with van der Waals surface area (Å²) in [7, 11) is -17.7. The Kier molecular flexibility index (Phi) is 42.3. The Hall–Kier alpha value is 0.545. The van der Waals surface area contributed by atoms with Crippen LogP contribution in [0.3, 0.4) is 0 Å². The van der Waals surface area contributed by atoms with Crippen LogP contribution in [0.25, 0.3) is 0 Å². The van der Waals surface area contributed by atoms with Crippen LogP contribution in [0.5, 0.6) is 0 Å². The van der Waals surface area contributed by atoms with Crippen LogP contribution in [-0.2, 0) is 49.7 Å². The lowest BCUT2D eigenvalue weighted by Crippen LogP contribution is -2.67. The van der Waals surface area contributed by atoms with E-state index in [4.69, 9.17) is 44.9 Å². The van der Waals surface area contributed by atoms with E-state index in [0.717, 1.165) is 25.7 Å². The van der Waals surface area contributed by atoms with Crippen LogP contribution in [0.15, 0.2) is 12.2 Å². The second kappa shape index (κ2) is 43.0. The molecular formula is C68H149NO11Si8. The molecule has 1 fully saturated rings. The molecule has 0 spiro atoms. The monoisotopic (exact) mass is 1380 g/mol. The molecule has 0 aromatic heterocycles. The van der Waals surface area contributed by atoms with Gasteiger partial charge in [0.2, 0.25) is 5.91 Å². The van der Waals surface area contributed by atoms with Gasteiger partial charge in [0.15, 0.2) is 72.8 Å². The molecule has 10 unspecified atom stereocenters. The van der Waals surface area contributed by atoms with Crippen LogP contribution >= 0.6 is 0 Å². The summed E-state index contributed by atoms with van der Waals surface area (Å²) in [5, 5.41) is 3.66. The predicted molar refractivity (Wildman–Crippen MR) is 399 cm³/mol. The van der Waals surface area contributed by atoms with Gasteiger partial charge < -0.3 is 50.2 Å². The molecule has 1 aliphatic heterocycles. The molecule has 88 heavy (non-hydrogen) atoms. The number of carbonyl (C=O) groups excluding carboxylic acids is 1. The van der Waals surface area contributed by atoms with Gasteiger partial charge in [-0.25, -0.2) is 0 Å². The summed E-state index contributed by atoms with van der Waals surface area (Å²) in [6, 6.07) is -0.667. The van der Waals surface area contributed by atoms with Crippen LogP contribution in [-0.4, -0.2) is 147 Å². The molecule has 0 radical (unpaired) electrons. The van der Waals surface area contributed by atoms with Crippen molar-refractivity contribution in [3.63, 3.8) is 0 Å². The molecule has 1 heterocycles. The number of hydrogen-bond donors (Lipinski definition) is 1. The highest BCUT2D eigenvalue weighted by Gasteiger charge is 2.53. The normalized spacial score (nSPS) is 20.6. The molecule has 1 N–H and O–H groups in total. The minimum atomic E-state index is -2.40. The minimum absolute atomic E-state index is 0.0693. The van der Waals surface area contributed by atoms with Crippen molar-refractivity contribution in [2.75, 3.05) is 13.2 Å². The van der Waals surface area contributed by atoms with Crippen molar-refractivity contribution in [3.05, 3.63) is 12.2 Å². The fourth-order valence-electron chi connectivity index (χ4n) is 11.4. The standard InChI is InChI=1S/C68H149NO11Si8/c1-27-29-31-33-35-37-38-39-40-41-42-43-44-45-46-48-50-52-54-60(75-83(9,10)11)67(70)69-59(63(77-85(15,16)17)61(76-84(12,13)14)55-58(74-82(6,7)8)53-51-49-47-36-34-32-30-28-2)56-71-68-66(80-88(24,25)26)65(79-87(21,22)23)64(78-86(18,19)20)62(73-68)57-72-81(3,4)5/h49,51,58-66,68H,27-48,50,52-57H2,1-26H3,(H,69,70)/b51-49+. The Morgan fingerprint density at radius 1 is 0.443 bits per heavy atom. The highest BCUT2D eigenvalue weighted by molar-refractivity contribution is 6.72. The van der Waals surface area contributed by atoms with Gasteiger partial charge in [0.05, 0.1) is 37.6 Å². The van der Waals surface area contributed by atoms with E-state index >= 15 is 4.79 Å². The second-order valence-corrected chi connectivity index (χ2v) is 69.7. The molecule has 20 heteroatoms. The van der Waals surface area contributed by atoms with Crippen molar-refractivity contribution in [3.8, 4) is 0 Å². The molecule has 12 nitrogen and oxygen atoms in total. The van der Waals surface area contributed by atoms with Gasteiger partial charge in [0.1, 0.15) is 30.5 Å². The van der Waals surface area contributed by atoms with Crippen LogP contribution in [0.1, 0.15) is 187 Å². The molecule has 1 rings (SSSR count). The van der Waals surface area contributed by atoms with Crippen LogP contribution in [0, 0.1) is 0 Å². The summed E-state index contributed by atoms with van der Waals surface area (Å²) < 4.78 is 72.3. The smallest absolute Gasteiger partial charge is 0.248 e. The number of ether oxygens (including phenoxy) is 2. The predicted octanol–water partition coefficient (Wildman–Crippen LogP) is 20.7. The van der Waals surface area contributed by atoms with Crippen molar-refractivity contribution in [2.24, 2.45) is 0 Å². The topological polar surface area (TPSA) is 121 Å². The molecular weight excluding hydrogens is 1230 g/mol. The highest BCUT2D eigenvalue weighted by Crippen LogP contribution is 2.36. The van der Waals surface area contributed by atoms with Gasteiger partial charge in [-0.3, -0.25) is 4.79 Å². The third kappa shape index (κ3) is 46.6. The van der Waals surface area contributed by atoms with E-state index in [1.165, 1.54) is 135 Å². The van der Waals surface area contributed by atoms with E-state index in [1.807, 2.05) is 0 Å². The molecule has 0 aliphatic carbocycles. The summed E-state index contributed by atoms with van der Waals surface area (Å²) in [4.78, 5) is 15.6. The molecule has 0 aromatic carbocycles. The van der Waals surface area contributed by atoms with E-state index in [2.05, 4.69) is 188 Å². The van der Waals surface area contributed by atoms with Crippen LogP contribution in [0.2, 0.25) is 157 Å². The second-order valence-electron chi connectivity index (χ2n) is 34.0. The fourth-order valence-corrected chi connectivity index (χ4v) is 19.9. The number of nitrogens with one attached hydrogen (secondary N) is 1. The molecule has 0 aromatic rings. The first-order valence-corrected chi connectivity index (χ1v) is 63.4. The zero-order valence-corrected chi connectivity index (χ0v) is 70.9. The summed E-state index contributed by atoms with van der Waals surface area (Å²) in [6.07, 6.45) is 33.1. The average Bonchev–Trinajstić information content (AvgIpc) is 3.57. The number of carbonyl (C=O) groups is 1. The van der Waals surface area contributed by atoms with E-state index in [-0.39, 0.29) is 18.6 Å². The van der Waals surface area contributed by atoms with Gasteiger partial charge in [-0.2, -0.15) is 0 Å². The Bertz CT molecular complexity index is 1820. The highest BCUT2D eigenvalue weighted by atomic mass is 28.4. The maximum atomic E-state index is 15.6. The molecule has 524 valence electrons. The summed E-state index contributed by atoms with van der Waals surface area (Å²) in [5.41, 5.74) is 0. The van der Waals surface area contributed by atoms with E-state index < -0.39 is 122 Å². The number of allylic oxidation sites excluding steroid dienone is 1. The van der Waals surface area contributed by atoms with Crippen molar-refractivity contribution in [1.29, 1.82) is 0 Å².